The van der Waals surface area contributed by atoms with Gasteiger partial charge < -0.3 is 10.6 Å². The van der Waals surface area contributed by atoms with E-state index in [0.717, 1.165) is 0 Å². The number of hydrogen-bond acceptors (Lipinski definition) is 2. The van der Waals surface area contributed by atoms with Crippen molar-refractivity contribution in [1.82, 2.24) is 4.90 Å². The lowest BCUT2D eigenvalue weighted by molar-refractivity contribution is -0.131. The zero-order valence-electron chi connectivity index (χ0n) is 8.96. The van der Waals surface area contributed by atoms with Gasteiger partial charge in [0.25, 0.3) is 0 Å². The van der Waals surface area contributed by atoms with E-state index in [9.17, 15) is 9.59 Å². The van der Waals surface area contributed by atoms with Crippen LogP contribution in [0.25, 0.3) is 0 Å². The number of halogens is 1. The molecular formula is C10H17ClN2O2. The lowest BCUT2D eigenvalue weighted by Crippen LogP contribution is -2.38. The number of likely N-dealkylation sites (tertiary alicyclic amines) is 1. The van der Waals surface area contributed by atoms with E-state index in [1.165, 1.54) is 0 Å². The number of nitrogens with zero attached hydrogens (tertiary/aromatic N) is 1. The SMILES string of the molecule is CC1(C(N)=O)CCN(C(=O)CCCCl)C1. The molecule has 0 aromatic heterocycles. The number of hydrogen-bond donors (Lipinski definition) is 1. The van der Waals surface area contributed by atoms with E-state index >= 15 is 0 Å². The minimum Gasteiger partial charge on any atom is -0.369 e. The van der Waals surface area contributed by atoms with E-state index in [1.807, 2.05) is 6.92 Å². The summed E-state index contributed by atoms with van der Waals surface area (Å²) in [6.45, 7) is 2.88. The maximum absolute atomic E-state index is 11.6. The second kappa shape index (κ2) is 4.84. The van der Waals surface area contributed by atoms with Gasteiger partial charge in [-0.2, -0.15) is 0 Å². The Balaban J connectivity index is 2.49. The van der Waals surface area contributed by atoms with Gasteiger partial charge >= 0.3 is 0 Å². The normalized spacial score (nSPS) is 25.6. The number of carbonyl (C=O) groups excluding carboxylic acids is 2. The van der Waals surface area contributed by atoms with Crippen molar-refractivity contribution >= 4 is 23.4 Å². The standard InChI is InChI=1S/C10H17ClN2O2/c1-10(9(12)15)4-6-13(7-10)8(14)3-2-5-11/h2-7H2,1H3,(H2,12,15). The first-order chi connectivity index (χ1) is 6.99. The topological polar surface area (TPSA) is 63.4 Å². The molecule has 1 aliphatic rings. The number of nitrogens with two attached hydrogens (primary N) is 1. The zero-order valence-corrected chi connectivity index (χ0v) is 9.72. The van der Waals surface area contributed by atoms with Gasteiger partial charge in [-0.05, 0) is 19.8 Å². The van der Waals surface area contributed by atoms with Crippen LogP contribution in [0.5, 0.6) is 0 Å². The summed E-state index contributed by atoms with van der Waals surface area (Å²) in [6, 6.07) is 0. The molecule has 86 valence electrons. The van der Waals surface area contributed by atoms with Crippen LogP contribution in [0.4, 0.5) is 0 Å². The van der Waals surface area contributed by atoms with Crippen LogP contribution in [0.2, 0.25) is 0 Å². The Hall–Kier alpha value is -0.770. The van der Waals surface area contributed by atoms with Crippen LogP contribution in [0, 0.1) is 5.41 Å². The van der Waals surface area contributed by atoms with Crippen LogP contribution in [0.3, 0.4) is 0 Å². The first kappa shape index (κ1) is 12.3. The first-order valence-electron chi connectivity index (χ1n) is 5.13. The average Bonchev–Trinajstić information content (AvgIpc) is 2.59. The van der Waals surface area contributed by atoms with Gasteiger partial charge in [0.2, 0.25) is 11.8 Å². The van der Waals surface area contributed by atoms with E-state index in [-0.39, 0.29) is 11.8 Å². The van der Waals surface area contributed by atoms with Crippen molar-refractivity contribution < 1.29 is 9.59 Å². The van der Waals surface area contributed by atoms with Gasteiger partial charge in [-0.3, -0.25) is 9.59 Å². The molecule has 0 spiro atoms. The first-order valence-corrected chi connectivity index (χ1v) is 5.67. The molecule has 1 atom stereocenters. The highest BCUT2D eigenvalue weighted by atomic mass is 35.5. The van der Waals surface area contributed by atoms with Gasteiger partial charge in [-0.25, -0.2) is 0 Å². The van der Waals surface area contributed by atoms with Crippen molar-refractivity contribution in [2.45, 2.75) is 26.2 Å². The molecule has 1 saturated heterocycles. The molecule has 1 rings (SSSR count). The van der Waals surface area contributed by atoms with Crippen molar-refractivity contribution in [2.75, 3.05) is 19.0 Å². The highest BCUT2D eigenvalue weighted by Crippen LogP contribution is 2.29. The Morgan fingerprint density at radius 3 is 2.67 bits per heavy atom. The monoisotopic (exact) mass is 232 g/mol. The highest BCUT2D eigenvalue weighted by Gasteiger charge is 2.40. The number of amides is 2. The number of carbonyl (C=O) groups is 2. The third kappa shape index (κ3) is 2.84. The largest absolute Gasteiger partial charge is 0.369 e. The Morgan fingerprint density at radius 2 is 2.20 bits per heavy atom. The van der Waals surface area contributed by atoms with E-state index in [2.05, 4.69) is 0 Å². The summed E-state index contributed by atoms with van der Waals surface area (Å²) in [4.78, 5) is 24.5. The maximum atomic E-state index is 11.6. The maximum Gasteiger partial charge on any atom is 0.225 e. The van der Waals surface area contributed by atoms with Crippen LogP contribution < -0.4 is 5.73 Å². The van der Waals surface area contributed by atoms with Gasteiger partial charge in [0, 0.05) is 25.4 Å². The molecule has 1 fully saturated rings. The summed E-state index contributed by atoms with van der Waals surface area (Å²) >= 11 is 5.51. The van der Waals surface area contributed by atoms with Gasteiger partial charge in [-0.15, -0.1) is 11.6 Å². The van der Waals surface area contributed by atoms with Gasteiger partial charge in [-0.1, -0.05) is 0 Å². The summed E-state index contributed by atoms with van der Waals surface area (Å²) in [6.07, 6.45) is 1.80. The molecule has 5 heteroatoms. The molecule has 1 unspecified atom stereocenters. The molecule has 0 aromatic rings. The second-order valence-electron chi connectivity index (χ2n) is 4.28. The molecular weight excluding hydrogens is 216 g/mol. The molecule has 0 saturated carbocycles. The van der Waals surface area contributed by atoms with Crippen LogP contribution in [-0.4, -0.2) is 35.7 Å². The minimum absolute atomic E-state index is 0.0700. The predicted molar refractivity (Wildman–Crippen MR) is 58.5 cm³/mol. The van der Waals surface area contributed by atoms with E-state index in [1.54, 1.807) is 4.90 Å². The fraction of sp³-hybridized carbons (Fsp3) is 0.800. The van der Waals surface area contributed by atoms with Crippen LogP contribution in [0.15, 0.2) is 0 Å². The van der Waals surface area contributed by atoms with E-state index in [4.69, 9.17) is 17.3 Å². The zero-order chi connectivity index (χ0) is 11.5. The molecule has 4 nitrogen and oxygen atoms in total. The van der Waals surface area contributed by atoms with Crippen LogP contribution >= 0.6 is 11.6 Å². The van der Waals surface area contributed by atoms with E-state index in [0.29, 0.717) is 38.2 Å². The molecule has 2 amide bonds. The fourth-order valence-corrected chi connectivity index (χ4v) is 1.88. The lowest BCUT2D eigenvalue weighted by Gasteiger charge is -2.20. The summed E-state index contributed by atoms with van der Waals surface area (Å²) in [7, 11) is 0. The fourth-order valence-electron chi connectivity index (χ4n) is 1.75. The molecule has 1 heterocycles. The minimum atomic E-state index is -0.545. The number of alkyl halides is 1. The van der Waals surface area contributed by atoms with Crippen molar-refractivity contribution in [1.29, 1.82) is 0 Å². The molecule has 0 aliphatic carbocycles. The number of rotatable bonds is 4. The molecule has 1 aliphatic heterocycles. The summed E-state index contributed by atoms with van der Waals surface area (Å²) in [5, 5.41) is 0. The quantitative estimate of drug-likeness (QED) is 0.727. The Morgan fingerprint density at radius 1 is 1.53 bits per heavy atom. The molecule has 0 bridgehead atoms. The summed E-state index contributed by atoms with van der Waals surface area (Å²) < 4.78 is 0. The van der Waals surface area contributed by atoms with Crippen LogP contribution in [0.1, 0.15) is 26.2 Å². The Kier molecular flexibility index (Phi) is 3.97. The van der Waals surface area contributed by atoms with Crippen molar-refractivity contribution in [3.8, 4) is 0 Å². The predicted octanol–water partition coefficient (Wildman–Crippen LogP) is 0.729. The second-order valence-corrected chi connectivity index (χ2v) is 4.66. The van der Waals surface area contributed by atoms with Crippen molar-refractivity contribution in [2.24, 2.45) is 11.1 Å². The Labute approximate surface area is 94.7 Å². The molecule has 15 heavy (non-hydrogen) atoms. The molecule has 2 N–H and O–H groups in total. The lowest BCUT2D eigenvalue weighted by atomic mass is 9.89. The smallest absolute Gasteiger partial charge is 0.225 e. The van der Waals surface area contributed by atoms with Gasteiger partial charge in [0.05, 0.1) is 5.41 Å². The third-order valence-corrected chi connectivity index (χ3v) is 3.21. The van der Waals surface area contributed by atoms with E-state index < -0.39 is 5.41 Å². The third-order valence-electron chi connectivity index (χ3n) is 2.95. The van der Waals surface area contributed by atoms with Gasteiger partial charge in [0.15, 0.2) is 0 Å². The van der Waals surface area contributed by atoms with Gasteiger partial charge in [0.1, 0.15) is 0 Å². The Bertz CT molecular complexity index is 270. The van der Waals surface area contributed by atoms with Crippen molar-refractivity contribution in [3.63, 3.8) is 0 Å². The molecule has 0 radical (unpaired) electrons. The number of primary amides is 1. The van der Waals surface area contributed by atoms with Crippen LogP contribution in [-0.2, 0) is 9.59 Å². The average molecular weight is 233 g/mol. The summed E-state index contributed by atoms with van der Waals surface area (Å²) in [5.41, 5.74) is 4.75. The molecule has 0 aromatic carbocycles. The summed E-state index contributed by atoms with van der Waals surface area (Å²) in [5.74, 6) is 0.239. The highest BCUT2D eigenvalue weighted by molar-refractivity contribution is 6.17. The van der Waals surface area contributed by atoms with Crippen molar-refractivity contribution in [3.05, 3.63) is 0 Å².